The van der Waals surface area contributed by atoms with E-state index >= 15 is 0 Å². The van der Waals surface area contributed by atoms with E-state index in [0.29, 0.717) is 17.5 Å². The first-order valence-electron chi connectivity index (χ1n) is 8.98. The van der Waals surface area contributed by atoms with Crippen LogP contribution in [0, 0.1) is 18.8 Å². The Morgan fingerprint density at radius 1 is 1.32 bits per heavy atom. The molecule has 25 heavy (non-hydrogen) atoms. The van der Waals surface area contributed by atoms with Crippen LogP contribution in [-0.2, 0) is 13.0 Å². The van der Waals surface area contributed by atoms with Crippen molar-refractivity contribution < 1.29 is 4.79 Å². The smallest absolute Gasteiger partial charge is 0.274 e. The lowest BCUT2D eigenvalue weighted by atomic mass is 9.98. The molecule has 0 aliphatic carbocycles. The van der Waals surface area contributed by atoms with Gasteiger partial charge in [0, 0.05) is 32.0 Å². The highest BCUT2D eigenvalue weighted by Crippen LogP contribution is 2.20. The molecule has 1 saturated heterocycles. The predicted molar refractivity (Wildman–Crippen MR) is 94.0 cm³/mol. The van der Waals surface area contributed by atoms with E-state index in [1.165, 1.54) is 0 Å². The van der Waals surface area contributed by atoms with Gasteiger partial charge in [0.05, 0.1) is 17.6 Å². The highest BCUT2D eigenvalue weighted by Gasteiger charge is 2.26. The molecule has 1 aliphatic heterocycles. The molecule has 2 aromatic rings. The standard InChI is InChI=1S/C18H26N6O/c1-13(2)7-16-12-24(22-21-16)11-15-5-4-6-23(10-15)18(25)17-9-19-14(3)8-20-17/h8-9,12-13,15H,4-7,10-11H2,1-3H3/t15-/m1/s1. The maximum Gasteiger partial charge on any atom is 0.274 e. The average Bonchev–Trinajstić information content (AvgIpc) is 3.01. The number of hydrogen-bond donors (Lipinski definition) is 0. The Labute approximate surface area is 148 Å². The number of hydrogen-bond acceptors (Lipinski definition) is 5. The summed E-state index contributed by atoms with van der Waals surface area (Å²) in [5.41, 5.74) is 2.27. The Hall–Kier alpha value is -2.31. The summed E-state index contributed by atoms with van der Waals surface area (Å²) in [5, 5.41) is 8.49. The van der Waals surface area contributed by atoms with Gasteiger partial charge in [-0.15, -0.1) is 5.10 Å². The number of aromatic nitrogens is 5. The van der Waals surface area contributed by atoms with Gasteiger partial charge < -0.3 is 4.90 Å². The molecule has 7 heteroatoms. The van der Waals surface area contributed by atoms with E-state index in [0.717, 1.165) is 50.3 Å². The summed E-state index contributed by atoms with van der Waals surface area (Å²) in [7, 11) is 0. The average molecular weight is 342 g/mol. The number of aryl methyl sites for hydroxylation is 1. The topological polar surface area (TPSA) is 76.8 Å². The lowest BCUT2D eigenvalue weighted by molar-refractivity contribution is 0.0653. The van der Waals surface area contributed by atoms with E-state index in [4.69, 9.17) is 0 Å². The first kappa shape index (κ1) is 17.5. The van der Waals surface area contributed by atoms with Crippen molar-refractivity contribution in [2.24, 2.45) is 11.8 Å². The van der Waals surface area contributed by atoms with Crippen molar-refractivity contribution in [1.29, 1.82) is 0 Å². The molecule has 0 saturated carbocycles. The van der Waals surface area contributed by atoms with Gasteiger partial charge in [-0.05, 0) is 38.0 Å². The molecule has 0 bridgehead atoms. The Kier molecular flexibility index (Phi) is 5.40. The molecule has 0 radical (unpaired) electrons. The highest BCUT2D eigenvalue weighted by molar-refractivity contribution is 5.92. The molecule has 1 atom stereocenters. The van der Waals surface area contributed by atoms with Gasteiger partial charge in [0.1, 0.15) is 5.69 Å². The second-order valence-corrected chi connectivity index (χ2v) is 7.33. The van der Waals surface area contributed by atoms with E-state index in [2.05, 4.69) is 34.1 Å². The van der Waals surface area contributed by atoms with Crippen LogP contribution in [0.25, 0.3) is 0 Å². The number of carbonyl (C=O) groups is 1. The molecule has 0 unspecified atom stereocenters. The summed E-state index contributed by atoms with van der Waals surface area (Å²) in [6.45, 7) is 8.53. The van der Waals surface area contributed by atoms with Crippen molar-refractivity contribution >= 4 is 5.91 Å². The second kappa shape index (κ2) is 7.72. The van der Waals surface area contributed by atoms with Crippen LogP contribution in [-0.4, -0.2) is 48.9 Å². The third-order valence-corrected chi connectivity index (χ3v) is 4.46. The number of likely N-dealkylation sites (tertiary alicyclic amines) is 1. The Bertz CT molecular complexity index is 709. The van der Waals surface area contributed by atoms with Gasteiger partial charge in [0.25, 0.3) is 5.91 Å². The normalized spacial score (nSPS) is 17.9. The lowest BCUT2D eigenvalue weighted by Crippen LogP contribution is -2.41. The van der Waals surface area contributed by atoms with Crippen molar-refractivity contribution in [1.82, 2.24) is 29.9 Å². The zero-order valence-corrected chi connectivity index (χ0v) is 15.2. The third kappa shape index (κ3) is 4.61. The molecule has 1 amide bonds. The van der Waals surface area contributed by atoms with E-state index in [1.54, 1.807) is 12.4 Å². The minimum Gasteiger partial charge on any atom is -0.337 e. The molecular weight excluding hydrogens is 316 g/mol. The van der Waals surface area contributed by atoms with Crippen molar-refractivity contribution in [3.63, 3.8) is 0 Å². The molecule has 7 nitrogen and oxygen atoms in total. The van der Waals surface area contributed by atoms with Gasteiger partial charge in [-0.3, -0.25) is 14.5 Å². The summed E-state index contributed by atoms with van der Waals surface area (Å²) < 4.78 is 1.92. The van der Waals surface area contributed by atoms with Gasteiger partial charge in [0.15, 0.2) is 0 Å². The van der Waals surface area contributed by atoms with Crippen molar-refractivity contribution in [3.8, 4) is 0 Å². The van der Waals surface area contributed by atoms with Crippen molar-refractivity contribution in [2.45, 2.75) is 46.6 Å². The molecule has 0 spiro atoms. The number of piperidine rings is 1. The fourth-order valence-electron chi connectivity index (χ4n) is 3.27. The summed E-state index contributed by atoms with van der Waals surface area (Å²) >= 11 is 0. The molecular formula is C18H26N6O. The van der Waals surface area contributed by atoms with E-state index in [9.17, 15) is 4.79 Å². The minimum atomic E-state index is -0.0312. The zero-order valence-electron chi connectivity index (χ0n) is 15.2. The van der Waals surface area contributed by atoms with Gasteiger partial charge >= 0.3 is 0 Å². The Balaban J connectivity index is 1.60. The monoisotopic (exact) mass is 342 g/mol. The fraction of sp³-hybridized carbons (Fsp3) is 0.611. The molecule has 2 aromatic heterocycles. The molecule has 134 valence electrons. The van der Waals surface area contributed by atoms with Crippen molar-refractivity contribution in [2.75, 3.05) is 13.1 Å². The molecule has 0 aromatic carbocycles. The van der Waals surface area contributed by atoms with Gasteiger partial charge in [-0.2, -0.15) is 0 Å². The summed E-state index contributed by atoms with van der Waals surface area (Å²) in [5.74, 6) is 0.935. The number of nitrogens with zero attached hydrogens (tertiary/aromatic N) is 6. The van der Waals surface area contributed by atoms with Crippen LogP contribution in [0.15, 0.2) is 18.6 Å². The van der Waals surface area contributed by atoms with Crippen molar-refractivity contribution in [3.05, 3.63) is 35.7 Å². The van der Waals surface area contributed by atoms with Crippen LogP contribution in [0.3, 0.4) is 0 Å². The number of rotatable bonds is 5. The highest BCUT2D eigenvalue weighted by atomic mass is 16.2. The second-order valence-electron chi connectivity index (χ2n) is 7.33. The maximum atomic E-state index is 12.6. The predicted octanol–water partition coefficient (Wildman–Crippen LogP) is 2.13. The third-order valence-electron chi connectivity index (χ3n) is 4.46. The summed E-state index contributed by atoms with van der Waals surface area (Å²) in [6.07, 6.45) is 8.29. The van der Waals surface area contributed by atoms with Crippen LogP contribution in [0.1, 0.15) is 48.6 Å². The first-order chi connectivity index (χ1) is 12.0. The van der Waals surface area contributed by atoms with Gasteiger partial charge in [-0.25, -0.2) is 4.98 Å². The fourth-order valence-corrected chi connectivity index (χ4v) is 3.27. The van der Waals surface area contributed by atoms with Crippen LogP contribution in [0.4, 0.5) is 0 Å². The minimum absolute atomic E-state index is 0.0312. The summed E-state index contributed by atoms with van der Waals surface area (Å²) in [6, 6.07) is 0. The largest absolute Gasteiger partial charge is 0.337 e. The van der Waals surface area contributed by atoms with Crippen LogP contribution >= 0.6 is 0 Å². The molecule has 3 rings (SSSR count). The van der Waals surface area contributed by atoms with Gasteiger partial charge in [-0.1, -0.05) is 19.1 Å². The Morgan fingerprint density at radius 2 is 2.16 bits per heavy atom. The van der Waals surface area contributed by atoms with Crippen LogP contribution < -0.4 is 0 Å². The number of amides is 1. The molecule has 3 heterocycles. The van der Waals surface area contributed by atoms with E-state index < -0.39 is 0 Å². The van der Waals surface area contributed by atoms with E-state index in [-0.39, 0.29) is 5.91 Å². The van der Waals surface area contributed by atoms with Gasteiger partial charge in [0.2, 0.25) is 0 Å². The molecule has 0 N–H and O–H groups in total. The first-order valence-corrected chi connectivity index (χ1v) is 8.98. The summed E-state index contributed by atoms with van der Waals surface area (Å²) in [4.78, 5) is 22.9. The lowest BCUT2D eigenvalue weighted by Gasteiger charge is -2.32. The quantitative estimate of drug-likeness (QED) is 0.832. The zero-order chi connectivity index (χ0) is 17.8. The Morgan fingerprint density at radius 3 is 2.88 bits per heavy atom. The van der Waals surface area contributed by atoms with Crippen LogP contribution in [0.5, 0.6) is 0 Å². The van der Waals surface area contributed by atoms with E-state index in [1.807, 2.05) is 22.7 Å². The van der Waals surface area contributed by atoms with Crippen LogP contribution in [0.2, 0.25) is 0 Å². The molecule has 1 fully saturated rings. The maximum absolute atomic E-state index is 12.6. The number of carbonyl (C=O) groups excluding carboxylic acids is 1. The molecule has 1 aliphatic rings. The SMILES string of the molecule is Cc1cnc(C(=O)N2CCC[C@@H](Cn3cc(CC(C)C)nn3)C2)cn1.